The Morgan fingerprint density at radius 1 is 1.33 bits per heavy atom. The Hall–Kier alpha value is -0.530. The van der Waals surface area contributed by atoms with Crippen LogP contribution in [0.2, 0.25) is 0 Å². The van der Waals surface area contributed by atoms with Crippen LogP contribution in [0.5, 0.6) is 0 Å². The Kier molecular flexibility index (Phi) is 4.69. The number of benzene rings is 1. The van der Waals surface area contributed by atoms with Crippen molar-refractivity contribution in [1.29, 1.82) is 0 Å². The summed E-state index contributed by atoms with van der Waals surface area (Å²) in [5.41, 5.74) is 1.52. The Labute approximate surface area is 127 Å². The van der Waals surface area contributed by atoms with E-state index in [0.717, 1.165) is 19.3 Å². The molecule has 0 saturated carbocycles. The Bertz CT molecular complexity index is 547. The second-order valence-corrected chi connectivity index (χ2v) is 5.93. The van der Waals surface area contributed by atoms with Crippen LogP contribution in [-0.4, -0.2) is 10.1 Å². The number of aliphatic hydroxyl groups is 1. The van der Waals surface area contributed by atoms with Crippen molar-refractivity contribution in [1.82, 2.24) is 4.98 Å². The number of hydrogen-bond donors (Lipinski definition) is 1. The molecular formula is C13H10BrFINO. The minimum atomic E-state index is -0.675. The number of aromatic nitrogens is 1. The van der Waals surface area contributed by atoms with Crippen molar-refractivity contribution in [3.63, 3.8) is 0 Å². The molecule has 0 aliphatic heterocycles. The van der Waals surface area contributed by atoms with Crippen molar-refractivity contribution in [2.75, 3.05) is 0 Å². The molecule has 0 saturated heterocycles. The lowest BCUT2D eigenvalue weighted by atomic mass is 10.0. The molecule has 94 valence electrons. The molecular weight excluding hydrogens is 412 g/mol. The summed E-state index contributed by atoms with van der Waals surface area (Å²) in [7, 11) is 0. The van der Waals surface area contributed by atoms with Gasteiger partial charge in [0, 0.05) is 26.4 Å². The molecule has 2 aromatic rings. The molecule has 5 heteroatoms. The minimum absolute atomic E-state index is 0.294. The quantitative estimate of drug-likeness (QED) is 0.763. The lowest BCUT2D eigenvalue weighted by Gasteiger charge is -2.12. The highest BCUT2D eigenvalue weighted by atomic mass is 127. The highest BCUT2D eigenvalue weighted by molar-refractivity contribution is 14.1. The number of halogens is 3. The lowest BCUT2D eigenvalue weighted by Crippen LogP contribution is -2.05. The third-order valence-corrected chi connectivity index (χ3v) is 3.92. The maximum absolute atomic E-state index is 13.0. The summed E-state index contributed by atoms with van der Waals surface area (Å²) < 4.78 is 14.6. The van der Waals surface area contributed by atoms with E-state index in [1.54, 1.807) is 12.3 Å². The van der Waals surface area contributed by atoms with Gasteiger partial charge in [-0.3, -0.25) is 4.98 Å². The topological polar surface area (TPSA) is 33.1 Å². The summed E-state index contributed by atoms with van der Waals surface area (Å²) in [6, 6.07) is 8.11. The smallest absolute Gasteiger partial charge is 0.124 e. The molecule has 1 unspecified atom stereocenters. The van der Waals surface area contributed by atoms with Crippen LogP contribution in [0.25, 0.3) is 0 Å². The van der Waals surface area contributed by atoms with Crippen molar-refractivity contribution >= 4 is 38.5 Å². The molecule has 0 amide bonds. The van der Waals surface area contributed by atoms with Gasteiger partial charge in [0.25, 0.3) is 0 Å². The van der Waals surface area contributed by atoms with E-state index in [9.17, 15) is 9.50 Å². The third-order valence-electron chi connectivity index (χ3n) is 2.51. The Morgan fingerprint density at radius 3 is 2.72 bits per heavy atom. The van der Waals surface area contributed by atoms with Crippen molar-refractivity contribution in [2.45, 2.75) is 12.5 Å². The van der Waals surface area contributed by atoms with Crippen LogP contribution in [-0.2, 0) is 6.42 Å². The molecule has 1 aromatic carbocycles. The van der Waals surface area contributed by atoms with Gasteiger partial charge in [0.1, 0.15) is 5.82 Å². The van der Waals surface area contributed by atoms with E-state index in [1.807, 2.05) is 34.7 Å². The Balaban J connectivity index is 2.16. The van der Waals surface area contributed by atoms with Crippen LogP contribution in [0.3, 0.4) is 0 Å². The molecule has 0 fully saturated rings. The summed E-state index contributed by atoms with van der Waals surface area (Å²) in [5.74, 6) is -0.294. The molecule has 2 nitrogen and oxygen atoms in total. The minimum Gasteiger partial charge on any atom is -0.388 e. The van der Waals surface area contributed by atoms with Crippen LogP contribution in [0, 0.1) is 9.39 Å². The Morgan fingerprint density at radius 2 is 2.11 bits per heavy atom. The van der Waals surface area contributed by atoms with E-state index < -0.39 is 6.10 Å². The number of nitrogens with zero attached hydrogens (tertiary/aromatic N) is 1. The molecule has 0 bridgehead atoms. The second-order valence-electron chi connectivity index (χ2n) is 3.85. The summed E-state index contributed by atoms with van der Waals surface area (Å²) in [4.78, 5) is 4.21. The predicted molar refractivity (Wildman–Crippen MR) is 79.7 cm³/mol. The highest BCUT2D eigenvalue weighted by Crippen LogP contribution is 2.24. The highest BCUT2D eigenvalue weighted by Gasteiger charge is 2.13. The van der Waals surface area contributed by atoms with E-state index >= 15 is 0 Å². The first kappa shape index (κ1) is 13.9. The molecule has 0 aliphatic carbocycles. The van der Waals surface area contributed by atoms with E-state index in [1.165, 1.54) is 12.1 Å². The fourth-order valence-corrected chi connectivity index (χ4v) is 2.68. The van der Waals surface area contributed by atoms with E-state index in [0.29, 0.717) is 6.42 Å². The van der Waals surface area contributed by atoms with E-state index in [4.69, 9.17) is 0 Å². The normalized spacial score (nSPS) is 12.4. The first-order chi connectivity index (χ1) is 8.56. The monoisotopic (exact) mass is 421 g/mol. The fraction of sp³-hybridized carbons (Fsp3) is 0.154. The summed E-state index contributed by atoms with van der Waals surface area (Å²) >= 11 is 5.33. The zero-order valence-corrected chi connectivity index (χ0v) is 13.0. The average molecular weight is 422 g/mol. The van der Waals surface area contributed by atoms with E-state index in [2.05, 4.69) is 20.9 Å². The SMILES string of the molecule is OC(Cc1ccc(Br)cn1)c1ccc(F)cc1I. The van der Waals surface area contributed by atoms with Crippen LogP contribution in [0.4, 0.5) is 4.39 Å². The molecule has 18 heavy (non-hydrogen) atoms. The lowest BCUT2D eigenvalue weighted by molar-refractivity contribution is 0.176. The van der Waals surface area contributed by atoms with Gasteiger partial charge in [-0.05, 0) is 68.3 Å². The van der Waals surface area contributed by atoms with Gasteiger partial charge in [-0.2, -0.15) is 0 Å². The van der Waals surface area contributed by atoms with Gasteiger partial charge in [-0.15, -0.1) is 0 Å². The molecule has 1 aromatic heterocycles. The molecule has 0 spiro atoms. The van der Waals surface area contributed by atoms with Crippen molar-refractivity contribution in [2.24, 2.45) is 0 Å². The third kappa shape index (κ3) is 3.49. The second kappa shape index (κ2) is 6.08. The molecule has 1 atom stereocenters. The molecule has 0 radical (unpaired) electrons. The number of pyridine rings is 1. The first-order valence-electron chi connectivity index (χ1n) is 5.29. The number of rotatable bonds is 3. The predicted octanol–water partition coefficient (Wildman–Crippen LogP) is 3.86. The standard InChI is InChI=1S/C13H10BrFINO/c14-8-1-3-10(17-7-8)6-13(18)11-4-2-9(15)5-12(11)16/h1-5,7,13,18H,6H2. The van der Waals surface area contributed by atoms with Crippen molar-refractivity contribution in [3.05, 3.63) is 61.6 Å². The van der Waals surface area contributed by atoms with Gasteiger partial charge in [0.2, 0.25) is 0 Å². The van der Waals surface area contributed by atoms with Gasteiger partial charge in [0.05, 0.1) is 6.10 Å². The van der Waals surface area contributed by atoms with Crippen LogP contribution < -0.4 is 0 Å². The van der Waals surface area contributed by atoms with Gasteiger partial charge < -0.3 is 5.11 Å². The van der Waals surface area contributed by atoms with Crippen LogP contribution >= 0.6 is 38.5 Å². The maximum atomic E-state index is 13.0. The van der Waals surface area contributed by atoms with Gasteiger partial charge in [-0.25, -0.2) is 4.39 Å². The van der Waals surface area contributed by atoms with E-state index in [-0.39, 0.29) is 5.82 Å². The summed E-state index contributed by atoms with van der Waals surface area (Å²) in [6.07, 6.45) is 1.43. The van der Waals surface area contributed by atoms with Crippen molar-refractivity contribution < 1.29 is 9.50 Å². The van der Waals surface area contributed by atoms with Crippen LogP contribution in [0.1, 0.15) is 17.4 Å². The zero-order chi connectivity index (χ0) is 13.1. The van der Waals surface area contributed by atoms with Crippen molar-refractivity contribution in [3.8, 4) is 0 Å². The average Bonchev–Trinajstić information content (AvgIpc) is 2.32. The number of hydrogen-bond acceptors (Lipinski definition) is 2. The fourth-order valence-electron chi connectivity index (χ4n) is 1.61. The number of aliphatic hydroxyl groups excluding tert-OH is 1. The van der Waals surface area contributed by atoms with Crippen LogP contribution in [0.15, 0.2) is 41.0 Å². The molecule has 1 N–H and O–H groups in total. The maximum Gasteiger partial charge on any atom is 0.124 e. The molecule has 1 heterocycles. The summed E-state index contributed by atoms with van der Waals surface area (Å²) in [5, 5.41) is 10.1. The first-order valence-corrected chi connectivity index (χ1v) is 7.17. The molecule has 2 rings (SSSR count). The van der Waals surface area contributed by atoms with Gasteiger partial charge >= 0.3 is 0 Å². The van der Waals surface area contributed by atoms with Gasteiger partial charge in [-0.1, -0.05) is 6.07 Å². The largest absolute Gasteiger partial charge is 0.388 e. The molecule has 0 aliphatic rings. The zero-order valence-electron chi connectivity index (χ0n) is 9.28. The van der Waals surface area contributed by atoms with Gasteiger partial charge in [0.15, 0.2) is 0 Å². The summed E-state index contributed by atoms with van der Waals surface area (Å²) in [6.45, 7) is 0.